The van der Waals surface area contributed by atoms with Crippen LogP contribution in [0.3, 0.4) is 0 Å². The topological polar surface area (TPSA) is 43.4 Å². The van der Waals surface area contributed by atoms with Crippen molar-refractivity contribution in [2.45, 2.75) is 83.2 Å². The number of fused-ring (bicyclic) bond motifs is 5. The van der Waals surface area contributed by atoms with Crippen molar-refractivity contribution in [2.24, 2.45) is 17.3 Å². The first-order valence-electron chi connectivity index (χ1n) is 13.2. The molecular weight excluding hydrogens is 420 g/mol. The molecule has 178 valence electrons. The number of hydrogen-bond acceptors (Lipinski definition) is 3. The fourth-order valence-electron chi connectivity index (χ4n) is 8.55. The van der Waals surface area contributed by atoms with Gasteiger partial charge in [0.1, 0.15) is 0 Å². The number of carbonyl (C=O) groups excluding carboxylic acids is 2. The van der Waals surface area contributed by atoms with Crippen LogP contribution in [0.2, 0.25) is 0 Å². The van der Waals surface area contributed by atoms with E-state index in [1.807, 2.05) is 18.2 Å². The maximum absolute atomic E-state index is 12.2. The highest BCUT2D eigenvalue weighted by atomic mass is 16.5. The summed E-state index contributed by atoms with van der Waals surface area (Å²) >= 11 is 0. The molecule has 4 aliphatic carbocycles. The van der Waals surface area contributed by atoms with Gasteiger partial charge in [0.05, 0.1) is 5.60 Å². The molecule has 3 nitrogen and oxygen atoms in total. The molecule has 0 aromatic heterocycles. The van der Waals surface area contributed by atoms with Crippen LogP contribution in [-0.2, 0) is 9.53 Å². The van der Waals surface area contributed by atoms with Crippen molar-refractivity contribution in [1.82, 2.24) is 0 Å². The minimum atomic E-state index is -0.206. The first-order chi connectivity index (χ1) is 16.3. The zero-order valence-corrected chi connectivity index (χ0v) is 20.6. The van der Waals surface area contributed by atoms with Gasteiger partial charge < -0.3 is 4.74 Å². The Bertz CT molecular complexity index is 1140. The Hall–Kier alpha value is -2.26. The van der Waals surface area contributed by atoms with Crippen molar-refractivity contribution in [3.05, 3.63) is 70.3 Å². The summed E-state index contributed by atoms with van der Waals surface area (Å²) in [4.78, 5) is 24.2. The van der Waals surface area contributed by atoms with Crippen molar-refractivity contribution < 1.29 is 14.3 Å². The lowest BCUT2D eigenvalue weighted by atomic mass is 9.50. The molecule has 0 bridgehead atoms. The molecule has 3 fully saturated rings. The molecule has 5 aliphatic rings. The third-order valence-electron chi connectivity index (χ3n) is 10.1. The summed E-state index contributed by atoms with van der Waals surface area (Å²) in [6, 6.07) is 8.35. The highest BCUT2D eigenvalue weighted by Gasteiger charge is 2.65. The molecular formula is C31H36O3. The lowest BCUT2D eigenvalue weighted by Gasteiger charge is -2.57. The molecule has 0 N–H and O–H groups in total. The number of Topliss-reactive ketones (excluding diaryl/α,β-unsaturated/α-hetero) is 1. The fraction of sp³-hybridized carbons (Fsp3) is 0.548. The van der Waals surface area contributed by atoms with Crippen LogP contribution in [0.25, 0.3) is 0 Å². The maximum Gasteiger partial charge on any atom is 0.159 e. The van der Waals surface area contributed by atoms with E-state index in [0.717, 1.165) is 57.1 Å². The average molecular weight is 457 g/mol. The zero-order valence-electron chi connectivity index (χ0n) is 20.6. The first kappa shape index (κ1) is 22.2. The van der Waals surface area contributed by atoms with Gasteiger partial charge in [-0.2, -0.15) is 0 Å². The summed E-state index contributed by atoms with van der Waals surface area (Å²) in [6.07, 6.45) is 11.1. The molecule has 1 spiro atoms. The summed E-state index contributed by atoms with van der Waals surface area (Å²) in [5.41, 5.74) is 7.60. The number of ketones is 2. The van der Waals surface area contributed by atoms with Crippen LogP contribution in [0, 0.1) is 17.3 Å². The summed E-state index contributed by atoms with van der Waals surface area (Å²) in [5.74, 6) is 1.82. The van der Waals surface area contributed by atoms with Gasteiger partial charge in [0.25, 0.3) is 0 Å². The van der Waals surface area contributed by atoms with Crippen LogP contribution < -0.4 is 0 Å². The Morgan fingerprint density at radius 2 is 1.88 bits per heavy atom. The van der Waals surface area contributed by atoms with E-state index in [1.54, 1.807) is 12.5 Å². The lowest BCUT2D eigenvalue weighted by molar-refractivity contribution is -0.128. The van der Waals surface area contributed by atoms with Gasteiger partial charge in [0, 0.05) is 29.9 Å². The lowest BCUT2D eigenvalue weighted by Crippen LogP contribution is -2.55. The minimum absolute atomic E-state index is 0.0504. The van der Waals surface area contributed by atoms with Gasteiger partial charge in [-0.3, -0.25) is 9.59 Å². The van der Waals surface area contributed by atoms with Crippen LogP contribution in [-0.4, -0.2) is 23.8 Å². The predicted molar refractivity (Wildman–Crippen MR) is 134 cm³/mol. The molecule has 3 heteroatoms. The predicted octanol–water partition coefficient (Wildman–Crippen LogP) is 6.89. The van der Waals surface area contributed by atoms with Crippen LogP contribution in [0.15, 0.2) is 59.2 Å². The number of benzene rings is 1. The van der Waals surface area contributed by atoms with E-state index in [1.165, 1.54) is 28.7 Å². The Kier molecular flexibility index (Phi) is 5.15. The normalized spacial score (nSPS) is 37.2. The first-order valence-corrected chi connectivity index (χ1v) is 13.2. The smallest absolute Gasteiger partial charge is 0.159 e. The number of ether oxygens (including phenoxy) is 1. The second kappa shape index (κ2) is 7.88. The van der Waals surface area contributed by atoms with Crippen molar-refractivity contribution in [1.29, 1.82) is 0 Å². The molecule has 1 aromatic carbocycles. The Balaban J connectivity index is 1.51. The fourth-order valence-corrected chi connectivity index (χ4v) is 8.55. The van der Waals surface area contributed by atoms with Crippen molar-refractivity contribution in [3.63, 3.8) is 0 Å². The average Bonchev–Trinajstić information content (AvgIpc) is 3.12. The van der Waals surface area contributed by atoms with E-state index in [2.05, 4.69) is 25.6 Å². The number of carbonyl (C=O) groups is 2. The largest absolute Gasteiger partial charge is 0.370 e. The van der Waals surface area contributed by atoms with Gasteiger partial charge in [-0.25, -0.2) is 0 Å². The molecule has 5 atom stereocenters. The highest BCUT2D eigenvalue weighted by Crippen LogP contribution is 2.69. The minimum Gasteiger partial charge on any atom is -0.370 e. The SMILES string of the molecule is C=C1CCCOC12CC[C@H]1[C@@H]3CCC4=CC(=O)CCC4=C3[C@@H](c3ccc(C(C)=O)cc3)C[C@@]12C. The van der Waals surface area contributed by atoms with Crippen molar-refractivity contribution in [3.8, 4) is 0 Å². The molecule has 1 heterocycles. The Morgan fingerprint density at radius 1 is 1.09 bits per heavy atom. The third kappa shape index (κ3) is 3.05. The van der Waals surface area contributed by atoms with Crippen LogP contribution in [0.1, 0.15) is 93.5 Å². The molecule has 0 radical (unpaired) electrons. The maximum atomic E-state index is 12.2. The van der Waals surface area contributed by atoms with Crippen LogP contribution >= 0.6 is 0 Å². The van der Waals surface area contributed by atoms with E-state index < -0.39 is 0 Å². The van der Waals surface area contributed by atoms with Gasteiger partial charge >= 0.3 is 0 Å². The van der Waals surface area contributed by atoms with Gasteiger partial charge in [0.2, 0.25) is 0 Å². The monoisotopic (exact) mass is 456 g/mol. The summed E-state index contributed by atoms with van der Waals surface area (Å²) in [6.45, 7) is 9.54. The van der Waals surface area contributed by atoms with Gasteiger partial charge in [-0.15, -0.1) is 0 Å². The quantitative estimate of drug-likeness (QED) is 0.359. The molecule has 2 saturated carbocycles. The summed E-state index contributed by atoms with van der Waals surface area (Å²) in [5, 5.41) is 0. The van der Waals surface area contributed by atoms with Crippen LogP contribution in [0.5, 0.6) is 0 Å². The highest BCUT2D eigenvalue weighted by molar-refractivity contribution is 5.94. The molecule has 1 saturated heterocycles. The van der Waals surface area contributed by atoms with Crippen molar-refractivity contribution >= 4 is 11.6 Å². The van der Waals surface area contributed by atoms with E-state index in [-0.39, 0.29) is 22.6 Å². The number of rotatable bonds is 2. The molecule has 1 unspecified atom stereocenters. The Morgan fingerprint density at radius 3 is 2.62 bits per heavy atom. The number of hydrogen-bond donors (Lipinski definition) is 0. The third-order valence-corrected chi connectivity index (χ3v) is 10.1. The molecule has 6 rings (SSSR count). The van der Waals surface area contributed by atoms with E-state index in [9.17, 15) is 9.59 Å². The number of allylic oxidation sites excluding steroid dienone is 4. The van der Waals surface area contributed by atoms with E-state index >= 15 is 0 Å². The second-order valence-corrected chi connectivity index (χ2v) is 11.6. The summed E-state index contributed by atoms with van der Waals surface area (Å²) < 4.78 is 6.73. The second-order valence-electron chi connectivity index (χ2n) is 11.6. The zero-order chi connectivity index (χ0) is 23.7. The summed E-state index contributed by atoms with van der Waals surface area (Å²) in [7, 11) is 0. The van der Waals surface area contributed by atoms with Gasteiger partial charge in [-0.1, -0.05) is 43.3 Å². The molecule has 1 aromatic rings. The van der Waals surface area contributed by atoms with Gasteiger partial charge in [0.15, 0.2) is 11.6 Å². The molecule has 34 heavy (non-hydrogen) atoms. The van der Waals surface area contributed by atoms with Gasteiger partial charge in [-0.05, 0) is 98.5 Å². The van der Waals surface area contributed by atoms with E-state index in [4.69, 9.17) is 4.74 Å². The molecule has 1 aliphatic heterocycles. The molecule has 0 amide bonds. The van der Waals surface area contributed by atoms with Crippen molar-refractivity contribution in [2.75, 3.05) is 6.61 Å². The Labute approximate surface area is 203 Å². The standard InChI is InChI=1S/C31H36O3/c1-19-5-4-16-34-31(19)15-14-28-26-12-10-23-17-24(33)11-13-25(23)29(26)27(18-30(28,31)3)22-8-6-21(7-9-22)20(2)32/h6-9,17,26-28H,1,4-5,10-16,18H2,2-3H3/t26-,27+,28-,30-,31?/m0/s1. The van der Waals surface area contributed by atoms with Crippen LogP contribution in [0.4, 0.5) is 0 Å². The van der Waals surface area contributed by atoms with E-state index in [0.29, 0.717) is 24.2 Å².